The van der Waals surface area contributed by atoms with Crippen molar-refractivity contribution < 1.29 is 9.53 Å². The summed E-state index contributed by atoms with van der Waals surface area (Å²) in [6.07, 6.45) is 5.52. The van der Waals surface area contributed by atoms with E-state index in [1.165, 1.54) is 0 Å². The summed E-state index contributed by atoms with van der Waals surface area (Å²) >= 11 is 0. The van der Waals surface area contributed by atoms with Crippen LogP contribution >= 0.6 is 0 Å². The lowest BCUT2D eigenvalue weighted by molar-refractivity contribution is 0.262. The summed E-state index contributed by atoms with van der Waals surface area (Å²) in [4.78, 5) is 21.9. The van der Waals surface area contributed by atoms with Crippen LogP contribution in [0.25, 0.3) is 16.9 Å². The first-order valence-electron chi connectivity index (χ1n) is 11.1. The number of hydrogen-bond donors (Lipinski definition) is 3. The molecule has 0 atom stereocenters. The third-order valence-electron chi connectivity index (χ3n) is 5.43. The molecule has 0 bridgehead atoms. The highest BCUT2D eigenvalue weighted by Gasteiger charge is 2.12. The number of fused-ring (bicyclic) bond motifs is 1. The Labute approximate surface area is 202 Å². The van der Waals surface area contributed by atoms with Crippen molar-refractivity contribution in [3.05, 3.63) is 97.0 Å². The van der Waals surface area contributed by atoms with Gasteiger partial charge in [0.15, 0.2) is 11.5 Å². The Kier molecular flexibility index (Phi) is 6.00. The van der Waals surface area contributed by atoms with E-state index in [4.69, 9.17) is 9.72 Å². The molecule has 0 aliphatic rings. The fourth-order valence-electron chi connectivity index (χ4n) is 3.77. The molecule has 5 rings (SSSR count). The first-order valence-corrected chi connectivity index (χ1v) is 11.1. The zero-order valence-electron chi connectivity index (χ0n) is 19.3. The van der Waals surface area contributed by atoms with E-state index in [1.807, 2.05) is 96.5 Å². The Hall–Kier alpha value is -4.85. The number of anilines is 4. The molecule has 0 radical (unpaired) electrons. The summed E-state index contributed by atoms with van der Waals surface area (Å²) in [6, 6.07) is 22.6. The maximum atomic E-state index is 12.7. The molecule has 0 unspecified atom stereocenters. The average molecular weight is 465 g/mol. The average Bonchev–Trinajstić information content (AvgIpc) is 3.34. The molecule has 0 saturated carbocycles. The number of ether oxygens (including phenoxy) is 1. The number of carbonyl (C=O) groups is 1. The minimum atomic E-state index is -0.365. The monoisotopic (exact) mass is 464 g/mol. The topological polar surface area (TPSA) is 92.6 Å². The molecule has 3 N–H and O–H groups in total. The number of nitrogens with zero attached hydrogens (tertiary/aromatic N) is 3. The Bertz CT molecular complexity index is 1500. The lowest BCUT2D eigenvalue weighted by Gasteiger charge is -2.13. The van der Waals surface area contributed by atoms with Crippen LogP contribution in [0.4, 0.5) is 27.7 Å². The van der Waals surface area contributed by atoms with E-state index in [0.29, 0.717) is 22.9 Å². The number of carbonyl (C=O) groups excluding carboxylic acids is 1. The van der Waals surface area contributed by atoms with Crippen LogP contribution in [0.2, 0.25) is 0 Å². The third-order valence-corrected chi connectivity index (χ3v) is 5.43. The smallest absolute Gasteiger partial charge is 0.323 e. The molecule has 2 heterocycles. The lowest BCUT2D eigenvalue weighted by Crippen LogP contribution is -2.19. The van der Waals surface area contributed by atoms with Gasteiger partial charge in [0, 0.05) is 35.5 Å². The van der Waals surface area contributed by atoms with Gasteiger partial charge < -0.3 is 25.1 Å². The molecule has 8 nitrogen and oxygen atoms in total. The number of rotatable bonds is 6. The molecule has 0 aliphatic heterocycles. The molecule has 2 aromatic heterocycles. The van der Waals surface area contributed by atoms with Gasteiger partial charge in [-0.05, 0) is 48.9 Å². The van der Waals surface area contributed by atoms with Gasteiger partial charge in [-0.1, -0.05) is 36.4 Å². The highest BCUT2D eigenvalue weighted by Crippen LogP contribution is 2.27. The Morgan fingerprint density at radius 1 is 0.943 bits per heavy atom. The highest BCUT2D eigenvalue weighted by atomic mass is 16.5. The third kappa shape index (κ3) is 4.91. The predicted octanol–water partition coefficient (Wildman–Crippen LogP) is 6.10. The Morgan fingerprint density at radius 3 is 2.60 bits per heavy atom. The van der Waals surface area contributed by atoms with E-state index in [0.717, 1.165) is 28.2 Å². The predicted molar refractivity (Wildman–Crippen MR) is 139 cm³/mol. The maximum Gasteiger partial charge on any atom is 0.323 e. The summed E-state index contributed by atoms with van der Waals surface area (Å²) in [5.74, 6) is 1.23. The molecule has 5 aromatic rings. The number of nitrogens with one attached hydrogen (secondary N) is 3. The van der Waals surface area contributed by atoms with Gasteiger partial charge in [0.05, 0.1) is 18.5 Å². The number of amides is 2. The summed E-state index contributed by atoms with van der Waals surface area (Å²) in [5, 5.41) is 9.09. The van der Waals surface area contributed by atoms with Crippen LogP contribution in [0.1, 0.15) is 5.56 Å². The van der Waals surface area contributed by atoms with Crippen LogP contribution in [0.3, 0.4) is 0 Å². The van der Waals surface area contributed by atoms with Gasteiger partial charge in [-0.3, -0.25) is 0 Å². The number of para-hydroxylation sites is 1. The van der Waals surface area contributed by atoms with Crippen LogP contribution < -0.4 is 20.7 Å². The number of aromatic nitrogens is 3. The zero-order chi connectivity index (χ0) is 24.2. The molecule has 3 aromatic carbocycles. The van der Waals surface area contributed by atoms with E-state index < -0.39 is 0 Å². The van der Waals surface area contributed by atoms with Crippen molar-refractivity contribution in [2.75, 3.05) is 23.1 Å². The van der Waals surface area contributed by atoms with Gasteiger partial charge in [0.2, 0.25) is 0 Å². The van der Waals surface area contributed by atoms with Gasteiger partial charge in [0.25, 0.3) is 0 Å². The number of hydrogen-bond acceptors (Lipinski definition) is 5. The largest absolute Gasteiger partial charge is 0.495 e. The van der Waals surface area contributed by atoms with Crippen molar-refractivity contribution in [2.24, 2.45) is 0 Å². The summed E-state index contributed by atoms with van der Waals surface area (Å²) < 4.78 is 7.27. The van der Waals surface area contributed by atoms with Crippen LogP contribution in [-0.4, -0.2) is 27.5 Å². The normalized spacial score (nSPS) is 10.7. The van der Waals surface area contributed by atoms with Crippen molar-refractivity contribution in [2.45, 2.75) is 6.92 Å². The second-order valence-corrected chi connectivity index (χ2v) is 7.99. The summed E-state index contributed by atoms with van der Waals surface area (Å²) in [6.45, 7) is 1.96. The van der Waals surface area contributed by atoms with Crippen molar-refractivity contribution in [1.29, 1.82) is 0 Å². The van der Waals surface area contributed by atoms with Crippen LogP contribution in [-0.2, 0) is 0 Å². The van der Waals surface area contributed by atoms with Gasteiger partial charge in [-0.2, -0.15) is 0 Å². The van der Waals surface area contributed by atoms with Crippen molar-refractivity contribution in [3.8, 4) is 17.0 Å². The number of benzene rings is 3. The fraction of sp³-hybridized carbons (Fsp3) is 0.0741. The second kappa shape index (κ2) is 9.56. The first kappa shape index (κ1) is 22.0. The number of aryl methyl sites for hydroxylation is 1. The Morgan fingerprint density at radius 2 is 1.77 bits per heavy atom. The SMILES string of the molecule is COc1ccc(C)cc1NC(=O)Nc1cccc(-c2cn3ccnc3c(Nc3ccccc3)n2)c1. The quantitative estimate of drug-likeness (QED) is 0.282. The molecule has 0 saturated heterocycles. The van der Waals surface area contributed by atoms with Crippen LogP contribution in [0.5, 0.6) is 5.75 Å². The summed E-state index contributed by atoms with van der Waals surface area (Å²) in [5.41, 5.74) is 5.48. The van der Waals surface area contributed by atoms with Gasteiger partial charge in [0.1, 0.15) is 5.75 Å². The molecule has 174 valence electrons. The summed E-state index contributed by atoms with van der Waals surface area (Å²) in [7, 11) is 1.57. The van der Waals surface area contributed by atoms with E-state index >= 15 is 0 Å². The molecule has 2 amide bonds. The molecule has 35 heavy (non-hydrogen) atoms. The van der Waals surface area contributed by atoms with E-state index in [-0.39, 0.29) is 6.03 Å². The molecule has 0 fully saturated rings. The van der Waals surface area contributed by atoms with Gasteiger partial charge in [-0.15, -0.1) is 0 Å². The van der Waals surface area contributed by atoms with Crippen LogP contribution in [0, 0.1) is 6.92 Å². The van der Waals surface area contributed by atoms with Crippen molar-refractivity contribution in [3.63, 3.8) is 0 Å². The first-order chi connectivity index (χ1) is 17.1. The fourth-order valence-corrected chi connectivity index (χ4v) is 3.77. The molecular formula is C27H24N6O2. The van der Waals surface area contributed by atoms with E-state index in [1.54, 1.807) is 13.3 Å². The maximum absolute atomic E-state index is 12.7. The van der Waals surface area contributed by atoms with E-state index in [9.17, 15) is 4.79 Å². The molecular weight excluding hydrogens is 440 g/mol. The molecule has 8 heteroatoms. The minimum Gasteiger partial charge on any atom is -0.495 e. The van der Waals surface area contributed by atoms with Crippen molar-refractivity contribution >= 4 is 34.6 Å². The minimum absolute atomic E-state index is 0.365. The number of imidazole rings is 1. The van der Waals surface area contributed by atoms with Crippen LogP contribution in [0.15, 0.2) is 91.4 Å². The molecule has 0 aliphatic carbocycles. The number of urea groups is 1. The standard InChI is InChI=1S/C27H24N6O2/c1-18-11-12-24(35-2)22(15-18)32-27(34)30-21-10-6-7-19(16-21)23-17-33-14-13-28-26(33)25(31-23)29-20-8-4-3-5-9-20/h3-17H,1-2H3,(H,29,31)(H2,30,32,34). The lowest BCUT2D eigenvalue weighted by atomic mass is 10.1. The van der Waals surface area contributed by atoms with Crippen molar-refractivity contribution in [1.82, 2.24) is 14.4 Å². The zero-order valence-corrected chi connectivity index (χ0v) is 19.3. The molecule has 0 spiro atoms. The van der Waals surface area contributed by atoms with E-state index in [2.05, 4.69) is 20.9 Å². The van der Waals surface area contributed by atoms with Gasteiger partial charge >= 0.3 is 6.03 Å². The highest BCUT2D eigenvalue weighted by molar-refractivity contribution is 6.01. The second-order valence-electron chi connectivity index (χ2n) is 7.99. The number of methoxy groups -OCH3 is 1. The van der Waals surface area contributed by atoms with Gasteiger partial charge in [-0.25, -0.2) is 14.8 Å². The Balaban J connectivity index is 1.40.